The van der Waals surface area contributed by atoms with Crippen LogP contribution in [0.5, 0.6) is 0 Å². The lowest BCUT2D eigenvalue weighted by Crippen LogP contribution is -2.36. The Morgan fingerprint density at radius 3 is 2.00 bits per heavy atom. The Morgan fingerprint density at radius 2 is 1.58 bits per heavy atom. The van der Waals surface area contributed by atoms with Gasteiger partial charge in [-0.3, -0.25) is 0 Å². The molecule has 0 aromatic heterocycles. The molecule has 0 unspecified atom stereocenters. The topological polar surface area (TPSA) is 32.3 Å². The fourth-order valence-electron chi connectivity index (χ4n) is 1.21. The molecule has 0 amide bonds. The van der Waals surface area contributed by atoms with Gasteiger partial charge in [0.25, 0.3) is 0 Å². The number of nitrogens with one attached hydrogen (secondary N) is 1. The minimum atomic E-state index is 0.228. The first kappa shape index (κ1) is 11.9. The van der Waals surface area contributed by atoms with Crippen LogP contribution in [0, 0.1) is 5.92 Å². The van der Waals surface area contributed by atoms with Gasteiger partial charge in [-0.15, -0.1) is 0 Å². The van der Waals surface area contributed by atoms with Gasteiger partial charge in [0.05, 0.1) is 6.61 Å². The largest absolute Gasteiger partial charge is 0.395 e. The number of rotatable bonds is 6. The van der Waals surface area contributed by atoms with Crippen LogP contribution in [0.15, 0.2) is 0 Å². The standard InChI is InChI=1S/C10H23NO/c1-8(2)5-6-9(3)11-10(4)7-12/h8-12H,5-7H2,1-4H3/t9-,10-/m1/s1. The molecule has 74 valence electrons. The van der Waals surface area contributed by atoms with Crippen molar-refractivity contribution in [2.45, 2.75) is 52.6 Å². The van der Waals surface area contributed by atoms with Crippen molar-refractivity contribution in [3.05, 3.63) is 0 Å². The Labute approximate surface area is 76.4 Å². The van der Waals surface area contributed by atoms with Gasteiger partial charge in [0.15, 0.2) is 0 Å². The van der Waals surface area contributed by atoms with Crippen molar-refractivity contribution in [2.24, 2.45) is 5.92 Å². The van der Waals surface area contributed by atoms with E-state index in [1.807, 2.05) is 6.92 Å². The summed E-state index contributed by atoms with van der Waals surface area (Å²) in [6.45, 7) is 8.89. The Kier molecular flexibility index (Phi) is 6.39. The summed E-state index contributed by atoms with van der Waals surface area (Å²) in [4.78, 5) is 0. The van der Waals surface area contributed by atoms with E-state index in [4.69, 9.17) is 5.11 Å². The number of hydrogen-bond acceptors (Lipinski definition) is 2. The van der Waals surface area contributed by atoms with E-state index < -0.39 is 0 Å². The molecule has 0 saturated heterocycles. The first-order valence-corrected chi connectivity index (χ1v) is 4.93. The maximum atomic E-state index is 8.80. The lowest BCUT2D eigenvalue weighted by molar-refractivity contribution is 0.239. The average Bonchev–Trinajstić information content (AvgIpc) is 2.00. The molecule has 2 atom stereocenters. The van der Waals surface area contributed by atoms with Crippen LogP contribution in [0.2, 0.25) is 0 Å². The molecule has 0 heterocycles. The van der Waals surface area contributed by atoms with Gasteiger partial charge in [0, 0.05) is 12.1 Å². The van der Waals surface area contributed by atoms with Crippen LogP contribution in [-0.2, 0) is 0 Å². The third-order valence-electron chi connectivity index (χ3n) is 2.02. The molecule has 0 radical (unpaired) electrons. The predicted molar refractivity (Wildman–Crippen MR) is 53.2 cm³/mol. The minimum Gasteiger partial charge on any atom is -0.395 e. The molecule has 0 fully saturated rings. The summed E-state index contributed by atoms with van der Waals surface area (Å²) >= 11 is 0. The van der Waals surface area contributed by atoms with Crippen molar-refractivity contribution in [2.75, 3.05) is 6.61 Å². The molecule has 0 rings (SSSR count). The van der Waals surface area contributed by atoms with E-state index in [-0.39, 0.29) is 12.6 Å². The quantitative estimate of drug-likeness (QED) is 0.641. The summed E-state index contributed by atoms with van der Waals surface area (Å²) in [7, 11) is 0. The summed E-state index contributed by atoms with van der Waals surface area (Å²) in [6, 6.07) is 0.752. The third kappa shape index (κ3) is 6.62. The average molecular weight is 173 g/mol. The lowest BCUT2D eigenvalue weighted by Gasteiger charge is -2.18. The normalized spacial score (nSPS) is 16.5. The fraction of sp³-hybridized carbons (Fsp3) is 1.00. The van der Waals surface area contributed by atoms with Gasteiger partial charge in [-0.1, -0.05) is 13.8 Å². The smallest absolute Gasteiger partial charge is 0.0582 e. The molecule has 0 aliphatic carbocycles. The second-order valence-electron chi connectivity index (χ2n) is 4.12. The molecule has 2 nitrogen and oxygen atoms in total. The second-order valence-corrected chi connectivity index (χ2v) is 4.12. The van der Waals surface area contributed by atoms with Crippen LogP contribution in [0.4, 0.5) is 0 Å². The van der Waals surface area contributed by atoms with Crippen LogP contribution < -0.4 is 5.32 Å². The number of aliphatic hydroxyl groups excluding tert-OH is 1. The van der Waals surface area contributed by atoms with Gasteiger partial charge in [0.1, 0.15) is 0 Å². The van der Waals surface area contributed by atoms with Gasteiger partial charge >= 0.3 is 0 Å². The molecular weight excluding hydrogens is 150 g/mol. The lowest BCUT2D eigenvalue weighted by atomic mass is 10.0. The summed E-state index contributed by atoms with van der Waals surface area (Å²) in [5, 5.41) is 12.1. The molecule has 0 saturated carbocycles. The van der Waals surface area contributed by atoms with Crippen LogP contribution >= 0.6 is 0 Å². The molecule has 0 bridgehead atoms. The van der Waals surface area contributed by atoms with E-state index in [0.717, 1.165) is 5.92 Å². The van der Waals surface area contributed by atoms with Crippen LogP contribution in [0.1, 0.15) is 40.5 Å². The Bertz CT molecular complexity index is 104. The molecule has 2 N–H and O–H groups in total. The van der Waals surface area contributed by atoms with Crippen molar-refractivity contribution in [1.29, 1.82) is 0 Å². The molecule has 2 heteroatoms. The Morgan fingerprint density at radius 1 is 1.00 bits per heavy atom. The van der Waals surface area contributed by atoms with Crippen molar-refractivity contribution in [3.63, 3.8) is 0 Å². The molecule has 0 aliphatic rings. The van der Waals surface area contributed by atoms with Gasteiger partial charge in [0.2, 0.25) is 0 Å². The molecule has 12 heavy (non-hydrogen) atoms. The van der Waals surface area contributed by atoms with Crippen LogP contribution in [0.3, 0.4) is 0 Å². The first-order valence-electron chi connectivity index (χ1n) is 4.93. The molecule has 0 spiro atoms. The highest BCUT2D eigenvalue weighted by Gasteiger charge is 2.06. The molecule has 0 aliphatic heterocycles. The Balaban J connectivity index is 3.39. The van der Waals surface area contributed by atoms with E-state index in [1.165, 1.54) is 12.8 Å². The van der Waals surface area contributed by atoms with Gasteiger partial charge in [-0.25, -0.2) is 0 Å². The van der Waals surface area contributed by atoms with Crippen LogP contribution in [0.25, 0.3) is 0 Å². The van der Waals surface area contributed by atoms with Gasteiger partial charge in [-0.2, -0.15) is 0 Å². The zero-order chi connectivity index (χ0) is 9.56. The maximum Gasteiger partial charge on any atom is 0.0582 e. The highest BCUT2D eigenvalue weighted by molar-refractivity contribution is 4.66. The van der Waals surface area contributed by atoms with Crippen molar-refractivity contribution >= 4 is 0 Å². The monoisotopic (exact) mass is 173 g/mol. The number of aliphatic hydroxyl groups is 1. The highest BCUT2D eigenvalue weighted by Crippen LogP contribution is 2.06. The number of hydrogen-bond donors (Lipinski definition) is 2. The van der Waals surface area contributed by atoms with E-state index >= 15 is 0 Å². The first-order chi connectivity index (χ1) is 5.56. The van der Waals surface area contributed by atoms with Crippen molar-refractivity contribution in [1.82, 2.24) is 5.32 Å². The minimum absolute atomic E-state index is 0.228. The summed E-state index contributed by atoms with van der Waals surface area (Å²) in [5.74, 6) is 0.777. The fourth-order valence-corrected chi connectivity index (χ4v) is 1.21. The molecular formula is C10H23NO. The molecule has 0 aromatic rings. The SMILES string of the molecule is CC(C)CC[C@@H](C)N[C@H](C)CO. The van der Waals surface area contributed by atoms with Crippen molar-refractivity contribution < 1.29 is 5.11 Å². The Hall–Kier alpha value is -0.0800. The zero-order valence-electron chi connectivity index (χ0n) is 8.80. The van der Waals surface area contributed by atoms with Gasteiger partial charge in [-0.05, 0) is 32.6 Å². The second kappa shape index (κ2) is 6.44. The van der Waals surface area contributed by atoms with Crippen molar-refractivity contribution in [3.8, 4) is 0 Å². The highest BCUT2D eigenvalue weighted by atomic mass is 16.3. The van der Waals surface area contributed by atoms with Gasteiger partial charge < -0.3 is 10.4 Å². The van der Waals surface area contributed by atoms with E-state index in [2.05, 4.69) is 26.1 Å². The summed E-state index contributed by atoms with van der Waals surface area (Å²) < 4.78 is 0. The molecule has 0 aromatic carbocycles. The zero-order valence-corrected chi connectivity index (χ0v) is 8.80. The van der Waals surface area contributed by atoms with E-state index in [1.54, 1.807) is 0 Å². The van der Waals surface area contributed by atoms with Crippen LogP contribution in [-0.4, -0.2) is 23.8 Å². The van der Waals surface area contributed by atoms with E-state index in [9.17, 15) is 0 Å². The predicted octanol–water partition coefficient (Wildman–Crippen LogP) is 1.78. The third-order valence-corrected chi connectivity index (χ3v) is 2.02. The van der Waals surface area contributed by atoms with E-state index in [0.29, 0.717) is 6.04 Å². The maximum absolute atomic E-state index is 8.80. The summed E-state index contributed by atoms with van der Waals surface area (Å²) in [5.41, 5.74) is 0. The summed E-state index contributed by atoms with van der Waals surface area (Å²) in [6.07, 6.45) is 2.45.